The number of carbonyl (C=O) groups is 1. The predicted molar refractivity (Wildman–Crippen MR) is 147 cm³/mol. The summed E-state index contributed by atoms with van der Waals surface area (Å²) in [6.45, 7) is 5.93. The molecule has 1 fully saturated rings. The molecular weight excluding hydrogens is 529 g/mol. The van der Waals surface area contributed by atoms with Crippen molar-refractivity contribution in [2.75, 3.05) is 11.1 Å². The number of benzene rings is 3. The zero-order valence-electron chi connectivity index (χ0n) is 21.2. The summed E-state index contributed by atoms with van der Waals surface area (Å²) in [4.78, 5) is 13.8. The molecule has 0 aliphatic carbocycles. The molecule has 4 rings (SSSR count). The Hall–Kier alpha value is -3.18. The van der Waals surface area contributed by atoms with Crippen LogP contribution in [0.25, 0.3) is 0 Å². The van der Waals surface area contributed by atoms with Gasteiger partial charge < -0.3 is 16.4 Å². The first-order chi connectivity index (χ1) is 17.9. The van der Waals surface area contributed by atoms with Crippen LogP contribution in [0.3, 0.4) is 0 Å². The number of hydrogen-bond donors (Lipinski definition) is 3. The molecule has 1 aliphatic rings. The van der Waals surface area contributed by atoms with Gasteiger partial charge in [-0.2, -0.15) is 5.26 Å². The van der Waals surface area contributed by atoms with E-state index in [0.29, 0.717) is 17.8 Å². The summed E-state index contributed by atoms with van der Waals surface area (Å²) in [7, 11) is 0. The molecule has 0 unspecified atom stereocenters. The lowest BCUT2D eigenvalue weighted by Gasteiger charge is -2.37. The molecule has 4 atom stereocenters. The van der Waals surface area contributed by atoms with Gasteiger partial charge in [0.1, 0.15) is 17.0 Å². The van der Waals surface area contributed by atoms with E-state index in [1.54, 1.807) is 30.3 Å². The van der Waals surface area contributed by atoms with Crippen molar-refractivity contribution in [1.29, 1.82) is 5.26 Å². The van der Waals surface area contributed by atoms with E-state index >= 15 is 8.78 Å². The van der Waals surface area contributed by atoms with Gasteiger partial charge in [-0.1, -0.05) is 62.2 Å². The highest BCUT2D eigenvalue weighted by Gasteiger charge is 2.61. The van der Waals surface area contributed by atoms with Gasteiger partial charge >= 0.3 is 0 Å². The van der Waals surface area contributed by atoms with E-state index in [0.717, 1.165) is 6.07 Å². The highest BCUT2D eigenvalue weighted by Crippen LogP contribution is 2.52. The predicted octanol–water partition coefficient (Wildman–Crippen LogP) is 6.81. The Kier molecular flexibility index (Phi) is 7.72. The van der Waals surface area contributed by atoms with Gasteiger partial charge in [-0.3, -0.25) is 4.79 Å². The van der Waals surface area contributed by atoms with E-state index in [9.17, 15) is 10.1 Å². The molecule has 198 valence electrons. The SMILES string of the molecule is CC(C)(C)C[C@@H]1N[C@@H](C(=O)Nc2ccc(N)cc2)[C@H](c2cccc(Cl)c2F)[C@@]1(C#N)c1ccc(Cl)cc1F. The number of halogens is 4. The van der Waals surface area contributed by atoms with Gasteiger partial charge in [0.25, 0.3) is 0 Å². The second-order valence-corrected chi connectivity index (χ2v) is 11.6. The fourth-order valence-electron chi connectivity index (χ4n) is 5.34. The quantitative estimate of drug-likeness (QED) is 0.301. The maximum Gasteiger partial charge on any atom is 0.242 e. The van der Waals surface area contributed by atoms with Crippen molar-refractivity contribution in [1.82, 2.24) is 5.32 Å². The first kappa shape index (κ1) is 27.8. The topological polar surface area (TPSA) is 90.9 Å². The molecule has 5 nitrogen and oxygen atoms in total. The van der Waals surface area contributed by atoms with Crippen molar-refractivity contribution in [3.05, 3.63) is 93.5 Å². The number of nitrogens with one attached hydrogen (secondary N) is 2. The average molecular weight is 557 g/mol. The second kappa shape index (κ2) is 10.5. The third-order valence-corrected chi connectivity index (χ3v) is 7.44. The summed E-state index contributed by atoms with van der Waals surface area (Å²) in [6.07, 6.45) is 0.382. The molecule has 0 radical (unpaired) electrons. The van der Waals surface area contributed by atoms with Crippen LogP contribution in [0.15, 0.2) is 60.7 Å². The van der Waals surface area contributed by atoms with Crippen LogP contribution in [0.4, 0.5) is 20.2 Å². The van der Waals surface area contributed by atoms with Crippen LogP contribution in [0.1, 0.15) is 44.2 Å². The summed E-state index contributed by atoms with van der Waals surface area (Å²) in [5.74, 6) is -3.13. The van der Waals surface area contributed by atoms with E-state index < -0.39 is 41.0 Å². The minimum absolute atomic E-state index is 0.0262. The van der Waals surface area contributed by atoms with E-state index in [1.807, 2.05) is 20.8 Å². The molecule has 9 heteroatoms. The van der Waals surface area contributed by atoms with Crippen LogP contribution in [0.2, 0.25) is 10.0 Å². The summed E-state index contributed by atoms with van der Waals surface area (Å²) >= 11 is 12.2. The zero-order valence-corrected chi connectivity index (χ0v) is 22.7. The Bertz CT molecular complexity index is 1400. The summed E-state index contributed by atoms with van der Waals surface area (Å²) in [5.41, 5.74) is 4.81. The number of hydrogen-bond acceptors (Lipinski definition) is 4. The lowest BCUT2D eigenvalue weighted by molar-refractivity contribution is -0.118. The first-order valence-corrected chi connectivity index (χ1v) is 12.9. The molecule has 4 N–H and O–H groups in total. The van der Waals surface area contributed by atoms with Crippen molar-refractivity contribution in [3.63, 3.8) is 0 Å². The zero-order chi connectivity index (χ0) is 27.8. The Morgan fingerprint density at radius 3 is 2.42 bits per heavy atom. The minimum Gasteiger partial charge on any atom is -0.399 e. The normalized spacial score (nSPS) is 23.2. The number of anilines is 2. The molecule has 1 heterocycles. The third-order valence-electron chi connectivity index (χ3n) is 6.91. The number of nitrogen functional groups attached to an aromatic ring is 1. The smallest absolute Gasteiger partial charge is 0.242 e. The monoisotopic (exact) mass is 556 g/mol. The van der Waals surface area contributed by atoms with Crippen molar-refractivity contribution in [2.45, 2.75) is 50.6 Å². The van der Waals surface area contributed by atoms with Crippen molar-refractivity contribution < 1.29 is 13.6 Å². The van der Waals surface area contributed by atoms with E-state index in [1.165, 1.54) is 24.3 Å². The van der Waals surface area contributed by atoms with Gasteiger partial charge in [-0.05, 0) is 59.9 Å². The van der Waals surface area contributed by atoms with Crippen LogP contribution >= 0.6 is 23.2 Å². The summed E-state index contributed by atoms with van der Waals surface area (Å²) < 4.78 is 31.3. The van der Waals surface area contributed by atoms with Crippen LogP contribution in [-0.2, 0) is 10.2 Å². The number of nitrogens with zero attached hydrogens (tertiary/aromatic N) is 1. The van der Waals surface area contributed by atoms with E-state index in [-0.39, 0.29) is 26.6 Å². The van der Waals surface area contributed by atoms with Gasteiger partial charge in [-0.15, -0.1) is 0 Å². The summed E-state index contributed by atoms with van der Waals surface area (Å²) in [6, 6.07) is 15.5. The molecule has 3 aromatic rings. The number of nitriles is 1. The number of rotatable bonds is 5. The van der Waals surface area contributed by atoms with E-state index in [4.69, 9.17) is 28.9 Å². The summed E-state index contributed by atoms with van der Waals surface area (Å²) in [5, 5.41) is 17.0. The van der Waals surface area contributed by atoms with Crippen LogP contribution in [0.5, 0.6) is 0 Å². The van der Waals surface area contributed by atoms with Crippen LogP contribution in [0, 0.1) is 28.4 Å². The highest BCUT2D eigenvalue weighted by molar-refractivity contribution is 6.31. The lowest BCUT2D eigenvalue weighted by atomic mass is 9.62. The van der Waals surface area contributed by atoms with Gasteiger partial charge in [0.15, 0.2) is 0 Å². The fourth-order valence-corrected chi connectivity index (χ4v) is 5.68. The van der Waals surface area contributed by atoms with Gasteiger partial charge in [0, 0.05) is 33.9 Å². The van der Waals surface area contributed by atoms with Gasteiger partial charge in [0.2, 0.25) is 5.91 Å². The Balaban J connectivity index is 1.96. The van der Waals surface area contributed by atoms with Crippen molar-refractivity contribution >= 4 is 40.5 Å². The molecule has 0 aromatic heterocycles. The van der Waals surface area contributed by atoms with Crippen LogP contribution < -0.4 is 16.4 Å². The standard InChI is InChI=1S/C29H28Cl2F2N4O/c1-28(2,3)14-23-29(15-34,20-12-7-16(30)13-22(20)32)24(19-5-4-6-21(31)25(19)33)26(37-23)27(38)36-18-10-8-17(35)9-11-18/h4-13,23-24,26,37H,14,35H2,1-3H3,(H,36,38)/t23-,24-,26+,29-/m0/s1. The minimum atomic E-state index is -1.68. The van der Waals surface area contributed by atoms with Crippen molar-refractivity contribution in [2.24, 2.45) is 5.41 Å². The van der Waals surface area contributed by atoms with Crippen molar-refractivity contribution in [3.8, 4) is 6.07 Å². The lowest BCUT2D eigenvalue weighted by Crippen LogP contribution is -2.45. The Morgan fingerprint density at radius 1 is 1.13 bits per heavy atom. The second-order valence-electron chi connectivity index (χ2n) is 10.8. The molecule has 0 saturated carbocycles. The number of carbonyl (C=O) groups excluding carboxylic acids is 1. The van der Waals surface area contributed by atoms with Gasteiger partial charge in [-0.25, -0.2) is 8.78 Å². The Labute approximate surface area is 230 Å². The Morgan fingerprint density at radius 2 is 1.82 bits per heavy atom. The molecule has 1 saturated heterocycles. The molecule has 38 heavy (non-hydrogen) atoms. The largest absolute Gasteiger partial charge is 0.399 e. The van der Waals surface area contributed by atoms with Gasteiger partial charge in [0.05, 0.1) is 17.1 Å². The highest BCUT2D eigenvalue weighted by atomic mass is 35.5. The molecule has 1 amide bonds. The maximum absolute atomic E-state index is 15.7. The third kappa shape index (κ3) is 5.22. The first-order valence-electron chi connectivity index (χ1n) is 12.1. The molecule has 0 spiro atoms. The van der Waals surface area contributed by atoms with Crippen LogP contribution in [-0.4, -0.2) is 18.0 Å². The fraction of sp³-hybridized carbons (Fsp3) is 0.310. The maximum atomic E-state index is 15.7. The van der Waals surface area contributed by atoms with E-state index in [2.05, 4.69) is 16.7 Å². The molecule has 1 aliphatic heterocycles. The molecule has 3 aromatic carbocycles. The number of amides is 1. The molecular formula is C29H28Cl2F2N4O. The number of nitrogens with two attached hydrogens (primary N) is 1. The molecule has 0 bridgehead atoms. The average Bonchev–Trinajstić information content (AvgIpc) is 3.15.